The summed E-state index contributed by atoms with van der Waals surface area (Å²) in [5.74, 6) is -1.14. The fraction of sp³-hybridized carbons (Fsp3) is 0.263. The Morgan fingerprint density at radius 3 is 2.36 bits per heavy atom. The Labute approximate surface area is 165 Å². The Morgan fingerprint density at radius 1 is 1.14 bits per heavy atom. The van der Waals surface area contributed by atoms with Gasteiger partial charge in [-0.1, -0.05) is 12.1 Å². The minimum absolute atomic E-state index is 0.0935. The van der Waals surface area contributed by atoms with Crippen LogP contribution in [0, 0.1) is 0 Å². The third kappa shape index (κ3) is 3.74. The molecule has 0 aliphatic carbocycles. The van der Waals surface area contributed by atoms with Crippen molar-refractivity contribution in [3.05, 3.63) is 51.4 Å². The number of hydrogen-bond acceptors (Lipinski definition) is 6. The van der Waals surface area contributed by atoms with Crippen LogP contribution in [0.15, 0.2) is 24.3 Å². The quantitative estimate of drug-likeness (QED) is 0.763. The van der Waals surface area contributed by atoms with Gasteiger partial charge >= 0.3 is 6.09 Å². The molecule has 2 heterocycles. The molecule has 1 aromatic heterocycles. The molecule has 3 amide bonds. The Morgan fingerprint density at radius 2 is 1.79 bits per heavy atom. The lowest BCUT2D eigenvalue weighted by Gasteiger charge is -2.25. The number of fused-ring (bicyclic) bond motifs is 1. The molecule has 1 aromatic carbocycles. The van der Waals surface area contributed by atoms with Gasteiger partial charge in [0.1, 0.15) is 5.00 Å². The van der Waals surface area contributed by atoms with E-state index in [-0.39, 0.29) is 17.9 Å². The number of primary amides is 1. The first kappa shape index (κ1) is 19.6. The van der Waals surface area contributed by atoms with Crippen LogP contribution in [0.3, 0.4) is 0 Å². The third-order valence-electron chi connectivity index (χ3n) is 4.52. The molecule has 146 valence electrons. The second-order valence-electron chi connectivity index (χ2n) is 6.30. The van der Waals surface area contributed by atoms with Crippen LogP contribution in [-0.2, 0) is 17.7 Å². The number of methoxy groups -OCH3 is 1. The minimum atomic E-state index is -0.633. The lowest BCUT2D eigenvalue weighted by atomic mass is 10.0. The molecule has 3 N–H and O–H groups in total. The normalized spacial score (nSPS) is 12.9. The number of hydrogen-bond donors (Lipinski definition) is 2. The summed E-state index contributed by atoms with van der Waals surface area (Å²) in [5.41, 5.74) is 7.42. The van der Waals surface area contributed by atoms with Crippen molar-refractivity contribution >= 4 is 40.0 Å². The number of thiophene rings is 1. The van der Waals surface area contributed by atoms with Gasteiger partial charge in [0.25, 0.3) is 11.8 Å². The molecular formula is C19H19N3O5S. The fourth-order valence-corrected chi connectivity index (χ4v) is 4.33. The average molecular weight is 401 g/mol. The summed E-state index contributed by atoms with van der Waals surface area (Å²) < 4.78 is 4.74. The summed E-state index contributed by atoms with van der Waals surface area (Å²) >= 11 is 1.22. The first-order chi connectivity index (χ1) is 13.3. The van der Waals surface area contributed by atoms with E-state index < -0.39 is 17.9 Å². The molecule has 28 heavy (non-hydrogen) atoms. The standard InChI is InChI=1S/C19H19N3O5S/c1-10(23)11-3-5-12(6-4-11)17(25)21-18-15(16(20)24)13-7-8-22(19(26)27-2)9-14(13)28-18/h3-6H,7-9H2,1-2H3,(H2,20,24)(H,21,25). The number of carbonyl (C=O) groups is 4. The van der Waals surface area contributed by atoms with E-state index in [9.17, 15) is 19.2 Å². The first-order valence-electron chi connectivity index (χ1n) is 8.51. The van der Waals surface area contributed by atoms with Crippen LogP contribution in [0.1, 0.15) is 48.4 Å². The molecule has 1 aliphatic heterocycles. The van der Waals surface area contributed by atoms with Gasteiger partial charge in [0, 0.05) is 22.5 Å². The monoisotopic (exact) mass is 401 g/mol. The highest BCUT2D eigenvalue weighted by molar-refractivity contribution is 7.17. The zero-order valence-corrected chi connectivity index (χ0v) is 16.2. The van der Waals surface area contributed by atoms with Crippen molar-refractivity contribution in [1.82, 2.24) is 4.90 Å². The van der Waals surface area contributed by atoms with Crippen LogP contribution in [0.5, 0.6) is 0 Å². The Balaban J connectivity index is 1.87. The van der Waals surface area contributed by atoms with Gasteiger partial charge in [-0.05, 0) is 31.0 Å². The molecule has 0 unspecified atom stereocenters. The highest BCUT2D eigenvalue weighted by Crippen LogP contribution is 2.37. The molecule has 0 atom stereocenters. The van der Waals surface area contributed by atoms with Gasteiger partial charge in [0.2, 0.25) is 0 Å². The molecule has 1 aliphatic rings. The van der Waals surface area contributed by atoms with E-state index >= 15 is 0 Å². The number of nitrogens with two attached hydrogens (primary N) is 1. The molecule has 2 aromatic rings. The topological polar surface area (TPSA) is 119 Å². The van der Waals surface area contributed by atoms with Gasteiger partial charge in [-0.2, -0.15) is 0 Å². The number of nitrogens with one attached hydrogen (secondary N) is 1. The number of Topliss-reactive ketones (excluding diaryl/α,β-unsaturated/α-hetero) is 1. The molecule has 0 saturated carbocycles. The van der Waals surface area contributed by atoms with Crippen molar-refractivity contribution in [1.29, 1.82) is 0 Å². The molecule has 3 rings (SSSR count). The summed E-state index contributed by atoms with van der Waals surface area (Å²) in [6.07, 6.45) is -0.00150. The number of amides is 3. The van der Waals surface area contributed by atoms with E-state index in [2.05, 4.69) is 5.32 Å². The zero-order valence-electron chi connectivity index (χ0n) is 15.4. The van der Waals surface area contributed by atoms with Crippen molar-refractivity contribution in [2.24, 2.45) is 5.73 Å². The Kier molecular flexibility index (Phi) is 5.46. The van der Waals surface area contributed by atoms with Crippen molar-refractivity contribution in [3.8, 4) is 0 Å². The number of ether oxygens (including phenoxy) is 1. The highest BCUT2D eigenvalue weighted by Gasteiger charge is 2.29. The third-order valence-corrected chi connectivity index (χ3v) is 5.65. The largest absolute Gasteiger partial charge is 0.453 e. The van der Waals surface area contributed by atoms with E-state index in [4.69, 9.17) is 10.5 Å². The van der Waals surface area contributed by atoms with Gasteiger partial charge in [0.15, 0.2) is 5.78 Å². The lowest BCUT2D eigenvalue weighted by molar-refractivity contribution is 0.0994. The predicted molar refractivity (Wildman–Crippen MR) is 104 cm³/mol. The summed E-state index contributed by atoms with van der Waals surface area (Å²) in [6, 6.07) is 6.23. The van der Waals surface area contributed by atoms with E-state index in [0.717, 1.165) is 10.4 Å². The Hall–Kier alpha value is -3.20. The van der Waals surface area contributed by atoms with Crippen LogP contribution < -0.4 is 11.1 Å². The number of ketones is 1. The number of anilines is 1. The number of carbonyl (C=O) groups excluding carboxylic acids is 4. The molecule has 0 saturated heterocycles. The maximum absolute atomic E-state index is 12.6. The second-order valence-corrected chi connectivity index (χ2v) is 7.41. The second kappa shape index (κ2) is 7.81. The highest BCUT2D eigenvalue weighted by atomic mass is 32.1. The average Bonchev–Trinajstić information content (AvgIpc) is 3.04. The van der Waals surface area contributed by atoms with E-state index in [0.29, 0.717) is 29.1 Å². The van der Waals surface area contributed by atoms with Gasteiger partial charge in [0.05, 0.1) is 19.2 Å². The van der Waals surface area contributed by atoms with Crippen LogP contribution >= 0.6 is 11.3 Å². The maximum Gasteiger partial charge on any atom is 0.409 e. The molecule has 0 spiro atoms. The van der Waals surface area contributed by atoms with E-state index in [1.165, 1.54) is 30.3 Å². The number of rotatable bonds is 4. The SMILES string of the molecule is COC(=O)N1CCc2c(sc(NC(=O)c3ccc(C(C)=O)cc3)c2C(N)=O)C1. The van der Waals surface area contributed by atoms with Gasteiger partial charge < -0.3 is 20.7 Å². The summed E-state index contributed by atoms with van der Waals surface area (Å²) in [5, 5.41) is 3.08. The molecule has 0 fully saturated rings. The van der Waals surface area contributed by atoms with Crippen LogP contribution in [0.25, 0.3) is 0 Å². The molecule has 0 radical (unpaired) electrons. The molecule has 9 heteroatoms. The van der Waals surface area contributed by atoms with Gasteiger partial charge in [-0.3, -0.25) is 14.4 Å². The predicted octanol–water partition coefficient (Wildman–Crippen LogP) is 2.43. The summed E-state index contributed by atoms with van der Waals surface area (Å²) in [6.45, 7) is 2.13. The number of nitrogens with zero attached hydrogens (tertiary/aromatic N) is 1. The van der Waals surface area contributed by atoms with Crippen molar-refractivity contribution in [2.75, 3.05) is 19.0 Å². The van der Waals surface area contributed by atoms with Crippen LogP contribution in [-0.4, -0.2) is 42.2 Å². The van der Waals surface area contributed by atoms with Gasteiger partial charge in [-0.25, -0.2) is 4.79 Å². The fourth-order valence-electron chi connectivity index (χ4n) is 3.07. The van der Waals surface area contributed by atoms with E-state index in [1.54, 1.807) is 24.3 Å². The summed E-state index contributed by atoms with van der Waals surface area (Å²) in [4.78, 5) is 50.0. The molecule has 8 nitrogen and oxygen atoms in total. The Bertz CT molecular complexity index is 965. The first-order valence-corrected chi connectivity index (χ1v) is 9.33. The van der Waals surface area contributed by atoms with Crippen molar-refractivity contribution in [3.63, 3.8) is 0 Å². The van der Waals surface area contributed by atoms with Crippen molar-refractivity contribution < 1.29 is 23.9 Å². The maximum atomic E-state index is 12.6. The van der Waals surface area contributed by atoms with E-state index in [1.807, 2.05) is 0 Å². The summed E-state index contributed by atoms with van der Waals surface area (Å²) in [7, 11) is 1.31. The van der Waals surface area contributed by atoms with Crippen molar-refractivity contribution in [2.45, 2.75) is 19.9 Å². The lowest BCUT2D eigenvalue weighted by Crippen LogP contribution is -2.35. The minimum Gasteiger partial charge on any atom is -0.453 e. The molecule has 0 bridgehead atoms. The molecular weight excluding hydrogens is 382 g/mol. The van der Waals surface area contributed by atoms with Gasteiger partial charge in [-0.15, -0.1) is 11.3 Å². The number of benzene rings is 1. The van der Waals surface area contributed by atoms with Crippen LogP contribution in [0.2, 0.25) is 0 Å². The smallest absolute Gasteiger partial charge is 0.409 e. The zero-order chi connectivity index (χ0) is 20.4. The van der Waals surface area contributed by atoms with Crippen LogP contribution in [0.4, 0.5) is 9.80 Å².